The Morgan fingerprint density at radius 1 is 1.05 bits per heavy atom. The van der Waals surface area contributed by atoms with Gasteiger partial charge in [-0.1, -0.05) is 92.6 Å². The van der Waals surface area contributed by atoms with E-state index in [0.717, 1.165) is 42.4 Å². The highest BCUT2D eigenvalue weighted by atomic mass is 16.3. The van der Waals surface area contributed by atoms with E-state index in [1.54, 1.807) is 0 Å². The Morgan fingerprint density at radius 2 is 1.74 bits per heavy atom. The van der Waals surface area contributed by atoms with Gasteiger partial charge in [0, 0.05) is 23.1 Å². The van der Waals surface area contributed by atoms with Gasteiger partial charge >= 0.3 is 0 Å². The number of aliphatic hydroxyl groups is 1. The summed E-state index contributed by atoms with van der Waals surface area (Å²) in [6, 6.07) is 17.8. The van der Waals surface area contributed by atoms with Crippen LogP contribution in [0.4, 0.5) is 0 Å². The fourth-order valence-electron chi connectivity index (χ4n) is 5.94. The SMILES string of the molecule is C=C(/C=C\C(=C/C)C(C(=O)N[C@@H](CO)c1ccccc1)C1CCCCC1)Cn1c(C)c(C)c2ccccc21. The molecule has 200 valence electrons. The van der Waals surface area contributed by atoms with Crippen molar-refractivity contribution in [3.63, 3.8) is 0 Å². The Bertz CT molecular complexity index is 1310. The van der Waals surface area contributed by atoms with Gasteiger partial charge in [-0.3, -0.25) is 4.79 Å². The minimum atomic E-state index is -0.417. The van der Waals surface area contributed by atoms with E-state index in [9.17, 15) is 9.90 Å². The van der Waals surface area contributed by atoms with E-state index in [1.165, 1.54) is 28.6 Å². The number of benzene rings is 2. The average molecular weight is 511 g/mol. The second-order valence-corrected chi connectivity index (χ2v) is 10.6. The van der Waals surface area contributed by atoms with E-state index in [4.69, 9.17) is 0 Å². The van der Waals surface area contributed by atoms with E-state index in [0.29, 0.717) is 12.5 Å². The summed E-state index contributed by atoms with van der Waals surface area (Å²) in [6.07, 6.45) is 11.9. The predicted molar refractivity (Wildman–Crippen MR) is 158 cm³/mol. The average Bonchev–Trinajstić information content (AvgIpc) is 3.19. The monoisotopic (exact) mass is 510 g/mol. The van der Waals surface area contributed by atoms with E-state index >= 15 is 0 Å². The molecule has 38 heavy (non-hydrogen) atoms. The Kier molecular flexibility index (Phi) is 9.41. The van der Waals surface area contributed by atoms with Crippen LogP contribution in [0.3, 0.4) is 0 Å². The molecule has 1 aliphatic carbocycles. The van der Waals surface area contributed by atoms with Crippen molar-refractivity contribution in [3.05, 3.63) is 107 Å². The smallest absolute Gasteiger partial charge is 0.228 e. The molecule has 2 N–H and O–H groups in total. The van der Waals surface area contributed by atoms with Crippen molar-refractivity contribution in [3.8, 4) is 0 Å². The van der Waals surface area contributed by atoms with Gasteiger partial charge in [0.2, 0.25) is 5.91 Å². The number of aryl methyl sites for hydroxylation is 1. The molecule has 1 amide bonds. The quantitative estimate of drug-likeness (QED) is 0.280. The number of hydrogen-bond donors (Lipinski definition) is 2. The number of para-hydroxylation sites is 1. The van der Waals surface area contributed by atoms with Crippen LogP contribution < -0.4 is 5.32 Å². The van der Waals surface area contributed by atoms with Gasteiger partial charge < -0.3 is 15.0 Å². The summed E-state index contributed by atoms with van der Waals surface area (Å²) in [5, 5.41) is 14.5. The lowest BCUT2D eigenvalue weighted by Crippen LogP contribution is -2.40. The van der Waals surface area contributed by atoms with Gasteiger partial charge in [0.05, 0.1) is 18.6 Å². The molecular formula is C34H42N2O2. The second-order valence-electron chi connectivity index (χ2n) is 10.6. The zero-order chi connectivity index (χ0) is 27.1. The summed E-state index contributed by atoms with van der Waals surface area (Å²) >= 11 is 0. The molecule has 1 unspecified atom stereocenters. The van der Waals surface area contributed by atoms with Crippen LogP contribution in [0.25, 0.3) is 10.9 Å². The van der Waals surface area contributed by atoms with Crippen LogP contribution in [0.1, 0.15) is 61.9 Å². The van der Waals surface area contributed by atoms with Gasteiger partial charge in [0.1, 0.15) is 0 Å². The molecule has 0 spiro atoms. The molecule has 1 fully saturated rings. The van der Waals surface area contributed by atoms with Crippen LogP contribution in [0.5, 0.6) is 0 Å². The molecule has 0 saturated heterocycles. The molecule has 2 aromatic carbocycles. The maximum atomic E-state index is 13.8. The number of aliphatic hydroxyl groups excluding tert-OH is 1. The lowest BCUT2D eigenvalue weighted by Gasteiger charge is -2.31. The highest BCUT2D eigenvalue weighted by Crippen LogP contribution is 2.35. The summed E-state index contributed by atoms with van der Waals surface area (Å²) in [5.41, 5.74) is 6.71. The molecule has 4 nitrogen and oxygen atoms in total. The Hall–Kier alpha value is -3.37. The fourth-order valence-corrected chi connectivity index (χ4v) is 5.94. The van der Waals surface area contributed by atoms with Gasteiger partial charge in [-0.2, -0.15) is 0 Å². The lowest BCUT2D eigenvalue weighted by molar-refractivity contribution is -0.126. The molecule has 1 aromatic heterocycles. The minimum absolute atomic E-state index is 0.00830. The zero-order valence-corrected chi connectivity index (χ0v) is 23.1. The Labute approximate surface area is 227 Å². The van der Waals surface area contributed by atoms with Gasteiger partial charge in [0.25, 0.3) is 0 Å². The number of fused-ring (bicyclic) bond motifs is 1. The minimum Gasteiger partial charge on any atom is -0.394 e. The standard InChI is InChI=1S/C34H42N2O2/c1-5-27(21-20-24(2)22-36-26(4)25(3)30-18-12-13-19-32(30)36)33(29-16-10-7-11-17-29)34(38)35-31(23-37)28-14-8-6-9-15-28/h5-6,8-9,12-15,18-21,29,31,33,37H,2,7,10-11,16-17,22-23H2,1,3-4H3,(H,35,38)/b21-20-,27-5+/t31-,33?/m0/s1. The highest BCUT2D eigenvalue weighted by molar-refractivity contribution is 5.85. The van der Waals surface area contributed by atoms with Gasteiger partial charge in [-0.15, -0.1) is 0 Å². The summed E-state index contributed by atoms with van der Waals surface area (Å²) in [4.78, 5) is 13.8. The first-order valence-corrected chi connectivity index (χ1v) is 14.0. The van der Waals surface area contributed by atoms with Crippen LogP contribution >= 0.6 is 0 Å². The third-order valence-corrected chi connectivity index (χ3v) is 8.22. The number of aromatic nitrogens is 1. The van der Waals surface area contributed by atoms with E-state index in [2.05, 4.69) is 72.8 Å². The third kappa shape index (κ3) is 6.19. The highest BCUT2D eigenvalue weighted by Gasteiger charge is 2.32. The molecule has 0 radical (unpaired) electrons. The van der Waals surface area contributed by atoms with E-state index in [-0.39, 0.29) is 18.4 Å². The predicted octanol–water partition coefficient (Wildman–Crippen LogP) is 7.36. The molecule has 0 aliphatic heterocycles. The third-order valence-electron chi connectivity index (χ3n) is 8.22. The molecule has 1 saturated carbocycles. The first kappa shape index (κ1) is 27.7. The first-order chi connectivity index (χ1) is 18.4. The number of allylic oxidation sites excluding steroid dienone is 4. The second kappa shape index (κ2) is 12.9. The van der Waals surface area contributed by atoms with Gasteiger partial charge in [0.15, 0.2) is 0 Å². The maximum Gasteiger partial charge on any atom is 0.228 e. The van der Waals surface area contributed by atoms with Gasteiger partial charge in [-0.05, 0) is 67.9 Å². The molecule has 1 aliphatic rings. The van der Waals surface area contributed by atoms with Crippen molar-refractivity contribution in [1.82, 2.24) is 9.88 Å². The number of nitrogens with zero attached hydrogens (tertiary/aromatic N) is 1. The number of hydrogen-bond acceptors (Lipinski definition) is 2. The molecule has 2 atom stereocenters. The van der Waals surface area contributed by atoms with Crippen molar-refractivity contribution in [2.45, 2.75) is 65.5 Å². The molecule has 1 heterocycles. The first-order valence-electron chi connectivity index (χ1n) is 14.0. The van der Waals surface area contributed by atoms with Crippen molar-refractivity contribution in [2.75, 3.05) is 6.61 Å². The molecular weight excluding hydrogens is 468 g/mol. The van der Waals surface area contributed by atoms with Crippen LogP contribution in [0, 0.1) is 25.7 Å². The summed E-state index contributed by atoms with van der Waals surface area (Å²) in [6.45, 7) is 11.3. The number of carbonyl (C=O) groups is 1. The lowest BCUT2D eigenvalue weighted by atomic mass is 9.75. The number of amides is 1. The Balaban J connectivity index is 1.55. The van der Waals surface area contributed by atoms with E-state index < -0.39 is 6.04 Å². The maximum absolute atomic E-state index is 13.8. The number of rotatable bonds is 10. The van der Waals surface area contributed by atoms with Crippen LogP contribution in [-0.2, 0) is 11.3 Å². The van der Waals surface area contributed by atoms with Gasteiger partial charge in [-0.25, -0.2) is 0 Å². The topological polar surface area (TPSA) is 54.3 Å². The summed E-state index contributed by atoms with van der Waals surface area (Å²) < 4.78 is 2.32. The summed E-state index contributed by atoms with van der Waals surface area (Å²) in [7, 11) is 0. The van der Waals surface area contributed by atoms with Crippen molar-refractivity contribution in [1.29, 1.82) is 0 Å². The fraction of sp³-hybridized carbons (Fsp3) is 0.382. The molecule has 4 rings (SSSR count). The number of carbonyl (C=O) groups excluding carboxylic acids is 1. The van der Waals surface area contributed by atoms with Crippen molar-refractivity contribution in [2.24, 2.45) is 11.8 Å². The Morgan fingerprint density at radius 3 is 2.42 bits per heavy atom. The van der Waals surface area contributed by atoms with Crippen LogP contribution in [0.2, 0.25) is 0 Å². The normalized spacial score (nSPS) is 16.6. The summed E-state index contributed by atoms with van der Waals surface area (Å²) in [5.74, 6) is 0.0332. The van der Waals surface area contributed by atoms with Crippen LogP contribution in [0.15, 0.2) is 90.6 Å². The zero-order valence-electron chi connectivity index (χ0n) is 23.1. The van der Waals surface area contributed by atoms with Crippen molar-refractivity contribution >= 4 is 16.8 Å². The van der Waals surface area contributed by atoms with E-state index in [1.807, 2.05) is 37.3 Å². The molecule has 4 heteroatoms. The molecule has 3 aromatic rings. The molecule has 0 bridgehead atoms. The van der Waals surface area contributed by atoms with Crippen LogP contribution in [-0.4, -0.2) is 22.2 Å². The largest absolute Gasteiger partial charge is 0.394 e. The number of nitrogens with one attached hydrogen (secondary N) is 1. The van der Waals surface area contributed by atoms with Crippen molar-refractivity contribution < 1.29 is 9.90 Å².